The Kier molecular flexibility index (Phi) is 2.50. The molecule has 0 radical (unpaired) electrons. The van der Waals surface area contributed by atoms with Gasteiger partial charge in [0.15, 0.2) is 0 Å². The minimum Gasteiger partial charge on any atom is -0.342 e. The average molecular weight is 207 g/mol. The predicted molar refractivity (Wildman–Crippen MR) is 57.7 cm³/mol. The van der Waals surface area contributed by atoms with Gasteiger partial charge in [0.05, 0.1) is 11.6 Å². The molecule has 1 N–H and O–H groups in total. The highest BCUT2D eigenvalue weighted by Gasteiger charge is 2.28. The van der Waals surface area contributed by atoms with E-state index in [1.54, 1.807) is 0 Å². The second-order valence-corrected chi connectivity index (χ2v) is 4.25. The topological polar surface area (TPSA) is 49.0 Å². The van der Waals surface area contributed by atoms with Crippen molar-refractivity contribution in [1.29, 1.82) is 0 Å². The zero-order valence-electron chi connectivity index (χ0n) is 9.50. The predicted octanol–water partition coefficient (Wildman–Crippen LogP) is 1.36. The number of likely N-dealkylation sites (tertiary alicyclic amines) is 1. The molecule has 0 bridgehead atoms. The van der Waals surface area contributed by atoms with Gasteiger partial charge in [0, 0.05) is 24.3 Å². The van der Waals surface area contributed by atoms with Crippen molar-refractivity contribution in [2.24, 2.45) is 0 Å². The number of carbonyl (C=O) groups is 1. The first-order valence-electron chi connectivity index (χ1n) is 5.41. The Labute approximate surface area is 89.7 Å². The van der Waals surface area contributed by atoms with Crippen LogP contribution in [0.25, 0.3) is 0 Å². The van der Waals surface area contributed by atoms with E-state index in [9.17, 15) is 4.79 Å². The fourth-order valence-electron chi connectivity index (χ4n) is 2.13. The van der Waals surface area contributed by atoms with Gasteiger partial charge in [-0.25, -0.2) is 0 Å². The molecule has 2 rings (SSSR count). The molecular weight excluding hydrogens is 190 g/mol. The molecule has 0 spiro atoms. The number of amides is 1. The van der Waals surface area contributed by atoms with Crippen molar-refractivity contribution in [2.45, 2.75) is 33.1 Å². The summed E-state index contributed by atoms with van der Waals surface area (Å²) in [6.07, 6.45) is 1.14. The van der Waals surface area contributed by atoms with Crippen LogP contribution in [-0.4, -0.2) is 34.1 Å². The van der Waals surface area contributed by atoms with Gasteiger partial charge in [0.1, 0.15) is 0 Å². The van der Waals surface area contributed by atoms with Crippen molar-refractivity contribution in [2.75, 3.05) is 13.1 Å². The van der Waals surface area contributed by atoms with Crippen molar-refractivity contribution >= 4 is 5.91 Å². The summed E-state index contributed by atoms with van der Waals surface area (Å²) >= 11 is 0. The quantitative estimate of drug-likeness (QED) is 0.796. The van der Waals surface area contributed by atoms with Gasteiger partial charge in [-0.05, 0) is 27.2 Å². The number of hydrogen-bond acceptors (Lipinski definition) is 2. The average Bonchev–Trinajstić information content (AvgIpc) is 2.42. The van der Waals surface area contributed by atoms with Crippen LogP contribution in [-0.2, 0) is 4.79 Å². The summed E-state index contributed by atoms with van der Waals surface area (Å²) in [5, 5.41) is 7.05. The van der Waals surface area contributed by atoms with Crippen LogP contribution in [0.4, 0.5) is 0 Å². The van der Waals surface area contributed by atoms with Gasteiger partial charge in [0.25, 0.3) is 0 Å². The third-order valence-corrected chi connectivity index (χ3v) is 3.16. The van der Waals surface area contributed by atoms with E-state index in [-0.39, 0.29) is 11.8 Å². The fourth-order valence-corrected chi connectivity index (χ4v) is 2.13. The highest BCUT2D eigenvalue weighted by molar-refractivity contribution is 5.84. The molecule has 1 amide bonds. The normalized spacial score (nSPS) is 17.4. The molecule has 2 heterocycles. The maximum Gasteiger partial charge on any atom is 0.229 e. The summed E-state index contributed by atoms with van der Waals surface area (Å²) < 4.78 is 0. The van der Waals surface area contributed by atoms with Crippen LogP contribution in [0.1, 0.15) is 36.2 Å². The number of H-pyrrole nitrogens is 1. The molecule has 0 aliphatic carbocycles. The molecule has 82 valence electrons. The zero-order valence-corrected chi connectivity index (χ0v) is 9.50. The second-order valence-electron chi connectivity index (χ2n) is 4.25. The zero-order chi connectivity index (χ0) is 11.0. The molecule has 4 nitrogen and oxygen atoms in total. The van der Waals surface area contributed by atoms with Gasteiger partial charge in [-0.3, -0.25) is 9.89 Å². The number of nitrogens with one attached hydrogen (secondary N) is 1. The number of aryl methyl sites for hydroxylation is 2. The Balaban J connectivity index is 2.19. The summed E-state index contributed by atoms with van der Waals surface area (Å²) in [6.45, 7) is 7.71. The van der Waals surface area contributed by atoms with Crippen LogP contribution in [0.5, 0.6) is 0 Å². The SMILES string of the molecule is Cc1n[nH]c(C)c1C(C)C(=O)N1CCC1. The molecule has 1 saturated heterocycles. The fraction of sp³-hybridized carbons (Fsp3) is 0.636. The van der Waals surface area contributed by atoms with E-state index in [0.717, 1.165) is 36.5 Å². The number of aromatic amines is 1. The molecule has 1 aliphatic rings. The van der Waals surface area contributed by atoms with Crippen LogP contribution >= 0.6 is 0 Å². The third kappa shape index (κ3) is 1.64. The van der Waals surface area contributed by atoms with Crippen LogP contribution < -0.4 is 0 Å². The molecule has 1 aromatic heterocycles. The first-order chi connectivity index (χ1) is 7.11. The number of carbonyl (C=O) groups excluding carboxylic acids is 1. The first-order valence-corrected chi connectivity index (χ1v) is 5.41. The van der Waals surface area contributed by atoms with Crippen LogP contribution in [0, 0.1) is 13.8 Å². The van der Waals surface area contributed by atoms with Crippen molar-refractivity contribution in [3.63, 3.8) is 0 Å². The van der Waals surface area contributed by atoms with Gasteiger partial charge in [-0.2, -0.15) is 5.10 Å². The number of aromatic nitrogens is 2. The molecule has 1 aliphatic heterocycles. The van der Waals surface area contributed by atoms with Crippen LogP contribution in [0.15, 0.2) is 0 Å². The van der Waals surface area contributed by atoms with E-state index < -0.39 is 0 Å². The lowest BCUT2D eigenvalue weighted by Gasteiger charge is -2.33. The highest BCUT2D eigenvalue weighted by atomic mass is 16.2. The van der Waals surface area contributed by atoms with Gasteiger partial charge in [-0.1, -0.05) is 0 Å². The summed E-state index contributed by atoms with van der Waals surface area (Å²) in [4.78, 5) is 13.9. The summed E-state index contributed by atoms with van der Waals surface area (Å²) in [6, 6.07) is 0. The summed E-state index contributed by atoms with van der Waals surface area (Å²) in [5.74, 6) is 0.165. The van der Waals surface area contributed by atoms with E-state index in [2.05, 4.69) is 10.2 Å². The van der Waals surface area contributed by atoms with Gasteiger partial charge in [0.2, 0.25) is 5.91 Å². The molecule has 0 saturated carbocycles. The third-order valence-electron chi connectivity index (χ3n) is 3.16. The Hall–Kier alpha value is -1.32. The van der Waals surface area contributed by atoms with E-state index in [1.807, 2.05) is 25.7 Å². The highest BCUT2D eigenvalue weighted by Crippen LogP contribution is 2.25. The maximum atomic E-state index is 12.0. The van der Waals surface area contributed by atoms with Crippen molar-refractivity contribution in [1.82, 2.24) is 15.1 Å². The minimum atomic E-state index is -0.0657. The molecule has 1 unspecified atom stereocenters. The first kappa shape index (κ1) is 10.2. The smallest absolute Gasteiger partial charge is 0.229 e. The Morgan fingerprint density at radius 1 is 1.47 bits per heavy atom. The molecule has 4 heteroatoms. The van der Waals surface area contributed by atoms with Crippen molar-refractivity contribution in [3.8, 4) is 0 Å². The lowest BCUT2D eigenvalue weighted by Crippen LogP contribution is -2.44. The number of hydrogen-bond donors (Lipinski definition) is 1. The van der Waals surface area contributed by atoms with E-state index in [4.69, 9.17) is 0 Å². The number of rotatable bonds is 2. The molecular formula is C11H17N3O. The second kappa shape index (κ2) is 3.68. The molecule has 1 atom stereocenters. The molecule has 15 heavy (non-hydrogen) atoms. The van der Waals surface area contributed by atoms with E-state index in [0.29, 0.717) is 0 Å². The monoisotopic (exact) mass is 207 g/mol. The maximum absolute atomic E-state index is 12.0. The lowest BCUT2D eigenvalue weighted by molar-refractivity contribution is -0.135. The standard InChI is InChI=1S/C11H17N3O/c1-7(11(15)14-5-4-6-14)10-8(2)12-13-9(10)3/h7H,4-6H2,1-3H3,(H,12,13). The van der Waals surface area contributed by atoms with E-state index >= 15 is 0 Å². The Morgan fingerprint density at radius 3 is 2.53 bits per heavy atom. The molecule has 1 fully saturated rings. The van der Waals surface area contributed by atoms with Crippen LogP contribution in [0.3, 0.4) is 0 Å². The van der Waals surface area contributed by atoms with Gasteiger partial charge >= 0.3 is 0 Å². The summed E-state index contributed by atoms with van der Waals surface area (Å²) in [7, 11) is 0. The Bertz CT molecular complexity index is 360. The minimum absolute atomic E-state index is 0.0657. The number of nitrogens with zero attached hydrogens (tertiary/aromatic N) is 2. The lowest BCUT2D eigenvalue weighted by atomic mass is 9.96. The van der Waals surface area contributed by atoms with Crippen LogP contribution in [0.2, 0.25) is 0 Å². The largest absolute Gasteiger partial charge is 0.342 e. The summed E-state index contributed by atoms with van der Waals surface area (Å²) in [5.41, 5.74) is 3.01. The Morgan fingerprint density at radius 2 is 2.13 bits per heavy atom. The van der Waals surface area contributed by atoms with Crippen molar-refractivity contribution in [3.05, 3.63) is 17.0 Å². The van der Waals surface area contributed by atoms with Gasteiger partial charge < -0.3 is 4.90 Å². The molecule has 0 aromatic carbocycles. The molecule has 1 aromatic rings. The van der Waals surface area contributed by atoms with E-state index in [1.165, 1.54) is 0 Å². The van der Waals surface area contributed by atoms with Gasteiger partial charge in [-0.15, -0.1) is 0 Å². The van der Waals surface area contributed by atoms with Crippen molar-refractivity contribution < 1.29 is 4.79 Å².